The van der Waals surface area contributed by atoms with E-state index in [0.717, 1.165) is 12.4 Å². The first kappa shape index (κ1) is 22.1. The number of aromatic nitrogens is 5. The Morgan fingerprint density at radius 2 is 1.85 bits per heavy atom. The van der Waals surface area contributed by atoms with Gasteiger partial charge in [-0.25, -0.2) is 19.0 Å². The molecular formula is C22H16F4N6O. The summed E-state index contributed by atoms with van der Waals surface area (Å²) in [5, 5.41) is 6.04. The van der Waals surface area contributed by atoms with Gasteiger partial charge < -0.3 is 5.32 Å². The Labute approximate surface area is 185 Å². The molecule has 0 radical (unpaired) electrons. The Morgan fingerprint density at radius 1 is 1.06 bits per heavy atom. The number of rotatable bonds is 5. The van der Waals surface area contributed by atoms with Crippen LogP contribution in [-0.2, 0) is 0 Å². The van der Waals surface area contributed by atoms with E-state index in [1.165, 1.54) is 48.3 Å². The second-order valence-corrected chi connectivity index (χ2v) is 7.01. The molecule has 0 aliphatic carbocycles. The van der Waals surface area contributed by atoms with Crippen LogP contribution in [0.15, 0.2) is 67.3 Å². The third kappa shape index (κ3) is 4.56. The smallest absolute Gasteiger partial charge is 0.337 e. The molecule has 168 valence electrons. The van der Waals surface area contributed by atoms with Crippen molar-refractivity contribution >= 4 is 5.91 Å². The molecule has 3 aromatic heterocycles. The molecule has 1 aromatic carbocycles. The van der Waals surface area contributed by atoms with Crippen LogP contribution < -0.4 is 5.32 Å². The number of amides is 1. The van der Waals surface area contributed by atoms with E-state index < -0.39 is 23.9 Å². The lowest BCUT2D eigenvalue weighted by Crippen LogP contribution is -2.38. The molecule has 0 bridgehead atoms. The van der Waals surface area contributed by atoms with E-state index in [2.05, 4.69) is 20.1 Å². The molecule has 1 N–H and O–H groups in total. The van der Waals surface area contributed by atoms with Crippen molar-refractivity contribution in [3.8, 4) is 17.2 Å². The van der Waals surface area contributed by atoms with Crippen molar-refractivity contribution in [1.29, 1.82) is 0 Å². The zero-order chi connectivity index (χ0) is 23.6. The van der Waals surface area contributed by atoms with Crippen LogP contribution >= 0.6 is 0 Å². The van der Waals surface area contributed by atoms with Crippen LogP contribution in [0.1, 0.15) is 27.7 Å². The minimum absolute atomic E-state index is 0.0342. The van der Waals surface area contributed by atoms with Crippen LogP contribution in [0.25, 0.3) is 17.2 Å². The van der Waals surface area contributed by atoms with Gasteiger partial charge in [0, 0.05) is 29.7 Å². The fourth-order valence-corrected chi connectivity index (χ4v) is 3.21. The molecule has 7 nitrogen and oxygen atoms in total. The van der Waals surface area contributed by atoms with Gasteiger partial charge in [-0.2, -0.15) is 18.3 Å². The van der Waals surface area contributed by atoms with E-state index in [1.54, 1.807) is 18.2 Å². The first-order valence-electron chi connectivity index (χ1n) is 9.66. The summed E-state index contributed by atoms with van der Waals surface area (Å²) >= 11 is 0. The van der Waals surface area contributed by atoms with Crippen molar-refractivity contribution in [3.05, 3.63) is 89.9 Å². The molecule has 4 aromatic rings. The lowest BCUT2D eigenvalue weighted by Gasteiger charge is -2.21. The minimum Gasteiger partial charge on any atom is -0.337 e. The molecule has 0 aliphatic heterocycles. The summed E-state index contributed by atoms with van der Waals surface area (Å²) in [5.41, 5.74) is 0.448. The van der Waals surface area contributed by atoms with Crippen molar-refractivity contribution in [3.63, 3.8) is 0 Å². The van der Waals surface area contributed by atoms with Crippen molar-refractivity contribution in [2.45, 2.75) is 19.1 Å². The van der Waals surface area contributed by atoms with Gasteiger partial charge >= 0.3 is 6.18 Å². The first-order valence-corrected chi connectivity index (χ1v) is 9.66. The lowest BCUT2D eigenvalue weighted by atomic mass is 10.1. The highest BCUT2D eigenvalue weighted by Gasteiger charge is 2.42. The van der Waals surface area contributed by atoms with E-state index >= 15 is 0 Å². The number of nitrogens with one attached hydrogen (secondary N) is 1. The Balaban J connectivity index is 1.64. The SMILES string of the molecule is Cc1c(C(=O)NC(c2cccnc2)C(F)(F)F)cnn1-c1nccc(-c2ccccc2F)n1. The number of benzene rings is 1. The Bertz CT molecular complexity index is 1290. The molecule has 11 heteroatoms. The van der Waals surface area contributed by atoms with E-state index in [1.807, 2.05) is 5.32 Å². The topological polar surface area (TPSA) is 85.6 Å². The van der Waals surface area contributed by atoms with Crippen molar-refractivity contribution in [1.82, 2.24) is 30.0 Å². The van der Waals surface area contributed by atoms with Crippen LogP contribution in [0, 0.1) is 12.7 Å². The quantitative estimate of drug-likeness (QED) is 0.455. The summed E-state index contributed by atoms with van der Waals surface area (Å²) in [6.45, 7) is 1.49. The van der Waals surface area contributed by atoms with Gasteiger partial charge in [-0.3, -0.25) is 9.78 Å². The standard InChI is InChI=1S/C22H16F4N6O/c1-13-16(20(33)31-19(22(24,25)26)14-5-4-9-27-11-14)12-29-32(13)21-28-10-8-18(30-21)15-6-2-3-7-17(15)23/h2-12,19H,1H3,(H,31,33). The maximum absolute atomic E-state index is 14.1. The third-order valence-electron chi connectivity index (χ3n) is 4.86. The van der Waals surface area contributed by atoms with Crippen molar-refractivity contribution < 1.29 is 22.4 Å². The molecule has 1 unspecified atom stereocenters. The van der Waals surface area contributed by atoms with Crippen LogP contribution in [0.2, 0.25) is 0 Å². The zero-order valence-electron chi connectivity index (χ0n) is 17.1. The zero-order valence-corrected chi connectivity index (χ0v) is 17.1. The number of nitrogens with zero attached hydrogens (tertiary/aromatic N) is 5. The van der Waals surface area contributed by atoms with Crippen LogP contribution in [-0.4, -0.2) is 36.8 Å². The second-order valence-electron chi connectivity index (χ2n) is 7.01. The predicted molar refractivity (Wildman–Crippen MR) is 110 cm³/mol. The van der Waals surface area contributed by atoms with Gasteiger partial charge in [0.05, 0.1) is 23.1 Å². The molecular weight excluding hydrogens is 440 g/mol. The fraction of sp³-hybridized carbons (Fsp3) is 0.136. The van der Waals surface area contributed by atoms with Crippen molar-refractivity contribution in [2.24, 2.45) is 0 Å². The summed E-state index contributed by atoms with van der Waals surface area (Å²) in [7, 11) is 0. The van der Waals surface area contributed by atoms with Crippen LogP contribution in [0.5, 0.6) is 0 Å². The van der Waals surface area contributed by atoms with E-state index in [4.69, 9.17) is 0 Å². The second kappa shape index (κ2) is 8.77. The number of carbonyl (C=O) groups is 1. The molecule has 33 heavy (non-hydrogen) atoms. The number of carbonyl (C=O) groups excluding carboxylic acids is 1. The largest absolute Gasteiger partial charge is 0.412 e. The van der Waals surface area contributed by atoms with Gasteiger partial charge in [-0.05, 0) is 31.2 Å². The highest BCUT2D eigenvalue weighted by atomic mass is 19.4. The van der Waals surface area contributed by atoms with Gasteiger partial charge in [-0.15, -0.1) is 0 Å². The van der Waals surface area contributed by atoms with Gasteiger partial charge in [-0.1, -0.05) is 18.2 Å². The number of hydrogen-bond donors (Lipinski definition) is 1. The average Bonchev–Trinajstić information content (AvgIpc) is 3.19. The summed E-state index contributed by atoms with van der Waals surface area (Å²) < 4.78 is 56.1. The molecule has 0 aliphatic rings. The van der Waals surface area contributed by atoms with Gasteiger partial charge in [0.2, 0.25) is 0 Å². The van der Waals surface area contributed by atoms with E-state index in [0.29, 0.717) is 0 Å². The molecule has 3 heterocycles. The highest BCUT2D eigenvalue weighted by Crippen LogP contribution is 2.32. The molecule has 1 amide bonds. The summed E-state index contributed by atoms with van der Waals surface area (Å²) in [5.74, 6) is -1.42. The Hall–Kier alpha value is -4.15. The molecule has 0 spiro atoms. The summed E-state index contributed by atoms with van der Waals surface area (Å²) in [6.07, 6.45) is 0.159. The van der Waals surface area contributed by atoms with Crippen LogP contribution in [0.3, 0.4) is 0 Å². The maximum atomic E-state index is 14.1. The molecule has 1 atom stereocenters. The maximum Gasteiger partial charge on any atom is 0.412 e. The Morgan fingerprint density at radius 3 is 2.55 bits per heavy atom. The summed E-state index contributed by atoms with van der Waals surface area (Å²) in [4.78, 5) is 24.8. The predicted octanol–water partition coefficient (Wildman–Crippen LogP) is 4.21. The van der Waals surface area contributed by atoms with Crippen LogP contribution in [0.4, 0.5) is 17.6 Å². The number of hydrogen-bond acceptors (Lipinski definition) is 5. The monoisotopic (exact) mass is 456 g/mol. The van der Waals surface area contributed by atoms with Crippen molar-refractivity contribution in [2.75, 3.05) is 0 Å². The normalized spacial score (nSPS) is 12.4. The highest BCUT2D eigenvalue weighted by molar-refractivity contribution is 5.95. The summed E-state index contributed by atoms with van der Waals surface area (Å²) in [6, 6.07) is 7.87. The minimum atomic E-state index is -4.74. The number of pyridine rings is 1. The van der Waals surface area contributed by atoms with E-state index in [-0.39, 0.29) is 34.0 Å². The Kier molecular flexibility index (Phi) is 5.86. The number of halogens is 4. The van der Waals surface area contributed by atoms with E-state index in [9.17, 15) is 22.4 Å². The van der Waals surface area contributed by atoms with Gasteiger partial charge in [0.1, 0.15) is 5.82 Å². The fourth-order valence-electron chi connectivity index (χ4n) is 3.21. The number of alkyl halides is 3. The lowest BCUT2D eigenvalue weighted by molar-refractivity contribution is -0.155. The molecule has 0 saturated carbocycles. The molecule has 4 rings (SSSR count). The van der Waals surface area contributed by atoms with Gasteiger partial charge in [0.25, 0.3) is 11.9 Å². The average molecular weight is 456 g/mol. The van der Waals surface area contributed by atoms with Gasteiger partial charge in [0.15, 0.2) is 6.04 Å². The first-order chi connectivity index (χ1) is 15.8. The molecule has 0 fully saturated rings. The third-order valence-corrected chi connectivity index (χ3v) is 4.86. The molecule has 0 saturated heterocycles.